The smallest absolute Gasteiger partial charge is 0.338 e. The molecule has 1 amide bonds. The third-order valence-electron chi connectivity index (χ3n) is 6.02. The van der Waals surface area contributed by atoms with Crippen LogP contribution in [0.15, 0.2) is 94.2 Å². The first kappa shape index (κ1) is 27.6. The van der Waals surface area contributed by atoms with Gasteiger partial charge in [-0.1, -0.05) is 30.3 Å². The number of esters is 1. The van der Waals surface area contributed by atoms with E-state index in [-0.39, 0.29) is 46.4 Å². The second-order valence-corrected chi connectivity index (χ2v) is 8.94. The standard InChI is InChI=1S/C30H24N6O6/c1-2-41-30(40)19-10-11-24-22(14-19)35-28(42-24)26(38)23(13-18-7-4-3-5-8-18)34-25(37)17-36-27(20-9-6-12-32-15-20)33-16-21(31)29(36)39/h3-16H,2,17,31H2,1H3,(H,34,37). The molecule has 3 N–H and O–H groups in total. The summed E-state index contributed by atoms with van der Waals surface area (Å²) < 4.78 is 11.8. The molecule has 3 aromatic heterocycles. The van der Waals surface area contributed by atoms with Crippen LogP contribution in [0.2, 0.25) is 0 Å². The largest absolute Gasteiger partial charge is 0.462 e. The van der Waals surface area contributed by atoms with Gasteiger partial charge in [-0.15, -0.1) is 0 Å². The number of amides is 1. The Morgan fingerprint density at radius 1 is 1.07 bits per heavy atom. The van der Waals surface area contributed by atoms with Gasteiger partial charge in [-0.2, -0.15) is 0 Å². The summed E-state index contributed by atoms with van der Waals surface area (Å²) in [6.07, 6.45) is 5.73. The maximum absolute atomic E-state index is 13.6. The first-order chi connectivity index (χ1) is 20.3. The van der Waals surface area contributed by atoms with E-state index < -0.39 is 29.8 Å². The number of Topliss-reactive ketones (excluding diaryl/α,β-unsaturated/α-hetero) is 1. The number of nitrogens with two attached hydrogens (primary N) is 1. The topological polar surface area (TPSA) is 172 Å². The summed E-state index contributed by atoms with van der Waals surface area (Å²) in [5.74, 6) is -2.11. The molecule has 0 fully saturated rings. The maximum Gasteiger partial charge on any atom is 0.338 e. The second kappa shape index (κ2) is 12.1. The lowest BCUT2D eigenvalue weighted by Crippen LogP contribution is -2.35. The SMILES string of the molecule is CCOC(=O)c1ccc2oc(C(=O)C(=Cc3ccccc3)NC(=O)Cn3c(-c4cccnc4)ncc(N)c3=O)nc2c1. The highest BCUT2D eigenvalue weighted by Gasteiger charge is 2.23. The van der Waals surface area contributed by atoms with Crippen LogP contribution in [0.5, 0.6) is 0 Å². The normalized spacial score (nSPS) is 11.3. The van der Waals surface area contributed by atoms with Gasteiger partial charge in [-0.05, 0) is 48.9 Å². The number of carbonyl (C=O) groups excluding carboxylic acids is 3. The van der Waals surface area contributed by atoms with E-state index in [1.165, 1.54) is 36.7 Å². The average Bonchev–Trinajstić information content (AvgIpc) is 3.43. The Kier molecular flexibility index (Phi) is 7.96. The molecule has 5 aromatic rings. The lowest BCUT2D eigenvalue weighted by atomic mass is 10.1. The van der Waals surface area contributed by atoms with Crippen LogP contribution < -0.4 is 16.6 Å². The van der Waals surface area contributed by atoms with Crippen molar-refractivity contribution in [2.45, 2.75) is 13.5 Å². The van der Waals surface area contributed by atoms with E-state index in [9.17, 15) is 19.2 Å². The fraction of sp³-hybridized carbons (Fsp3) is 0.100. The van der Waals surface area contributed by atoms with Gasteiger partial charge in [0.2, 0.25) is 5.91 Å². The fourth-order valence-corrected chi connectivity index (χ4v) is 4.07. The van der Waals surface area contributed by atoms with E-state index >= 15 is 0 Å². The highest BCUT2D eigenvalue weighted by atomic mass is 16.5. The number of aromatic nitrogens is 4. The number of carbonyl (C=O) groups is 3. The van der Waals surface area contributed by atoms with E-state index in [0.717, 1.165) is 4.57 Å². The molecule has 0 saturated heterocycles. The van der Waals surface area contributed by atoms with Crippen LogP contribution in [-0.4, -0.2) is 43.8 Å². The number of pyridine rings is 1. The number of hydrogen-bond donors (Lipinski definition) is 2. The van der Waals surface area contributed by atoms with Crippen molar-refractivity contribution >= 4 is 40.5 Å². The first-order valence-corrected chi connectivity index (χ1v) is 12.8. The predicted octanol–water partition coefficient (Wildman–Crippen LogP) is 3.25. The summed E-state index contributed by atoms with van der Waals surface area (Å²) in [4.78, 5) is 64.4. The van der Waals surface area contributed by atoms with Crippen LogP contribution in [0.25, 0.3) is 28.6 Å². The van der Waals surface area contributed by atoms with Gasteiger partial charge in [0.05, 0.1) is 24.1 Å². The van der Waals surface area contributed by atoms with Crippen molar-refractivity contribution < 1.29 is 23.5 Å². The van der Waals surface area contributed by atoms with E-state index in [1.54, 1.807) is 55.6 Å². The zero-order valence-electron chi connectivity index (χ0n) is 22.3. The number of oxazole rings is 1. The molecule has 12 nitrogen and oxygen atoms in total. The number of anilines is 1. The molecule has 3 heterocycles. The third kappa shape index (κ3) is 5.97. The van der Waals surface area contributed by atoms with Gasteiger partial charge < -0.3 is 20.2 Å². The van der Waals surface area contributed by atoms with E-state index in [0.29, 0.717) is 11.1 Å². The molecule has 12 heteroatoms. The van der Waals surface area contributed by atoms with E-state index in [2.05, 4.69) is 20.3 Å². The summed E-state index contributed by atoms with van der Waals surface area (Å²) in [5.41, 5.74) is 6.72. The van der Waals surface area contributed by atoms with Crippen molar-refractivity contribution in [3.8, 4) is 11.4 Å². The number of ketones is 1. The highest BCUT2D eigenvalue weighted by molar-refractivity contribution is 6.11. The number of fused-ring (bicyclic) bond motifs is 1. The Hall–Kier alpha value is -5.91. The van der Waals surface area contributed by atoms with Crippen LogP contribution in [0.3, 0.4) is 0 Å². The van der Waals surface area contributed by atoms with Gasteiger partial charge in [0.1, 0.15) is 23.6 Å². The summed E-state index contributed by atoms with van der Waals surface area (Å²) in [6, 6.07) is 16.6. The molecule has 0 radical (unpaired) electrons. The number of ether oxygens (including phenoxy) is 1. The second-order valence-electron chi connectivity index (χ2n) is 8.94. The Labute approximate surface area is 238 Å². The lowest BCUT2D eigenvalue weighted by molar-refractivity contribution is -0.120. The first-order valence-electron chi connectivity index (χ1n) is 12.8. The predicted molar refractivity (Wildman–Crippen MR) is 153 cm³/mol. The number of rotatable bonds is 9. The summed E-state index contributed by atoms with van der Waals surface area (Å²) in [5, 5.41) is 2.58. The molecule has 0 aliphatic rings. The zero-order chi connectivity index (χ0) is 29.6. The number of nitrogens with one attached hydrogen (secondary N) is 1. The van der Waals surface area contributed by atoms with Gasteiger partial charge in [0.25, 0.3) is 17.2 Å². The summed E-state index contributed by atoms with van der Waals surface area (Å²) in [6.45, 7) is 1.39. The molecule has 0 aliphatic carbocycles. The van der Waals surface area contributed by atoms with Gasteiger partial charge in [-0.3, -0.25) is 23.9 Å². The monoisotopic (exact) mass is 564 g/mol. The minimum atomic E-state index is -0.730. The number of allylic oxidation sites excluding steroid dienone is 1. The number of benzene rings is 2. The van der Waals surface area contributed by atoms with Crippen molar-refractivity contribution in [1.29, 1.82) is 0 Å². The third-order valence-corrected chi connectivity index (χ3v) is 6.02. The zero-order valence-corrected chi connectivity index (χ0v) is 22.3. The molecule has 0 bridgehead atoms. The van der Waals surface area contributed by atoms with Gasteiger partial charge in [0, 0.05) is 18.0 Å². The number of hydrogen-bond acceptors (Lipinski definition) is 10. The number of nitrogen functional groups attached to an aromatic ring is 1. The van der Waals surface area contributed by atoms with Crippen LogP contribution in [0, 0.1) is 0 Å². The molecule has 0 atom stereocenters. The average molecular weight is 565 g/mol. The molecule has 0 saturated carbocycles. The summed E-state index contributed by atoms with van der Waals surface area (Å²) >= 11 is 0. The van der Waals surface area contributed by atoms with Gasteiger partial charge in [0.15, 0.2) is 5.58 Å². The van der Waals surface area contributed by atoms with Crippen molar-refractivity contribution in [2.24, 2.45) is 0 Å². The van der Waals surface area contributed by atoms with Crippen LogP contribution in [-0.2, 0) is 16.1 Å². The maximum atomic E-state index is 13.6. The molecule has 42 heavy (non-hydrogen) atoms. The quantitative estimate of drug-likeness (QED) is 0.154. The van der Waals surface area contributed by atoms with Crippen LogP contribution >= 0.6 is 0 Å². The van der Waals surface area contributed by atoms with Crippen LogP contribution in [0.4, 0.5) is 5.69 Å². The number of nitrogens with zero attached hydrogens (tertiary/aromatic N) is 4. The van der Waals surface area contributed by atoms with Crippen LogP contribution in [0.1, 0.15) is 33.5 Å². The van der Waals surface area contributed by atoms with E-state index in [4.69, 9.17) is 14.9 Å². The van der Waals surface area contributed by atoms with Crippen molar-refractivity contribution in [1.82, 2.24) is 24.8 Å². The van der Waals surface area contributed by atoms with Gasteiger partial charge >= 0.3 is 5.97 Å². The molecule has 5 rings (SSSR count). The van der Waals surface area contributed by atoms with Crippen molar-refractivity contribution in [3.05, 3.63) is 112 Å². The molecular formula is C30H24N6O6. The lowest BCUT2D eigenvalue weighted by Gasteiger charge is -2.13. The Morgan fingerprint density at radius 3 is 2.62 bits per heavy atom. The minimum Gasteiger partial charge on any atom is -0.462 e. The molecule has 210 valence electrons. The Bertz CT molecular complexity index is 1880. The molecular weight excluding hydrogens is 540 g/mol. The summed E-state index contributed by atoms with van der Waals surface area (Å²) in [7, 11) is 0. The van der Waals surface area contributed by atoms with E-state index in [1.807, 2.05) is 0 Å². The highest BCUT2D eigenvalue weighted by Crippen LogP contribution is 2.21. The molecule has 0 spiro atoms. The molecule has 0 aliphatic heterocycles. The van der Waals surface area contributed by atoms with Crippen molar-refractivity contribution in [3.63, 3.8) is 0 Å². The van der Waals surface area contributed by atoms with Gasteiger partial charge in [-0.25, -0.2) is 14.8 Å². The minimum absolute atomic E-state index is 0.153. The Morgan fingerprint density at radius 2 is 1.88 bits per heavy atom. The molecule has 0 unspecified atom stereocenters. The Balaban J connectivity index is 1.47. The molecule has 2 aromatic carbocycles. The fourth-order valence-electron chi connectivity index (χ4n) is 4.07. The van der Waals surface area contributed by atoms with Crippen molar-refractivity contribution in [2.75, 3.05) is 12.3 Å².